The predicted molar refractivity (Wildman–Crippen MR) is 79.7 cm³/mol. The van der Waals surface area contributed by atoms with Gasteiger partial charge in [-0.1, -0.05) is 27.7 Å². The molecule has 0 saturated heterocycles. The van der Waals surface area contributed by atoms with E-state index in [0.717, 1.165) is 30.8 Å². The van der Waals surface area contributed by atoms with Gasteiger partial charge in [0.1, 0.15) is 0 Å². The van der Waals surface area contributed by atoms with Crippen molar-refractivity contribution < 1.29 is 0 Å². The molecule has 0 aliphatic heterocycles. The summed E-state index contributed by atoms with van der Waals surface area (Å²) in [7, 11) is 0. The second-order valence-electron chi connectivity index (χ2n) is 6.13. The van der Waals surface area contributed by atoms with Gasteiger partial charge in [-0.05, 0) is 63.1 Å². The van der Waals surface area contributed by atoms with Gasteiger partial charge in [-0.15, -0.1) is 0 Å². The first-order valence-corrected chi connectivity index (χ1v) is 8.10. The van der Waals surface area contributed by atoms with E-state index in [0.29, 0.717) is 5.41 Å². The minimum Gasteiger partial charge on any atom is -0.316 e. The van der Waals surface area contributed by atoms with Crippen LogP contribution in [0.1, 0.15) is 39.2 Å². The zero-order chi connectivity index (χ0) is 12.6. The molecular weight excluding hydrogens is 294 g/mol. The minimum absolute atomic E-state index is 0.452. The molecule has 1 saturated carbocycles. The van der Waals surface area contributed by atoms with E-state index in [4.69, 9.17) is 0 Å². The van der Waals surface area contributed by atoms with E-state index in [9.17, 15) is 0 Å². The van der Waals surface area contributed by atoms with Crippen LogP contribution < -0.4 is 5.32 Å². The Bertz CT molecular complexity index is 383. The fourth-order valence-electron chi connectivity index (χ4n) is 2.78. The molecule has 1 nitrogen and oxygen atoms in total. The van der Waals surface area contributed by atoms with Crippen LogP contribution in [0.4, 0.5) is 0 Å². The van der Waals surface area contributed by atoms with Crippen LogP contribution in [0.25, 0.3) is 0 Å². The Morgan fingerprint density at radius 1 is 1.41 bits per heavy atom. The van der Waals surface area contributed by atoms with Crippen LogP contribution in [0, 0.1) is 17.3 Å². The maximum Gasteiger partial charge on any atom is 0.0317 e. The molecule has 1 N–H and O–H groups in total. The van der Waals surface area contributed by atoms with Crippen LogP contribution in [0.3, 0.4) is 0 Å². The molecule has 0 aromatic carbocycles. The standard InChI is InChI=1S/C14H22BrNS/c1-9(2)5-16-6-11-13(14(11,3)4)10-7-17-8-12(10)15/h7-9,11,13,16H,5-6H2,1-4H3. The van der Waals surface area contributed by atoms with Crippen molar-refractivity contribution in [3.8, 4) is 0 Å². The lowest BCUT2D eigenvalue weighted by Crippen LogP contribution is -2.23. The Balaban J connectivity index is 1.95. The Morgan fingerprint density at radius 3 is 2.65 bits per heavy atom. The molecule has 1 aliphatic carbocycles. The summed E-state index contributed by atoms with van der Waals surface area (Å²) in [5, 5.41) is 8.10. The predicted octanol–water partition coefficient (Wildman–Crippen LogP) is 4.50. The molecule has 0 spiro atoms. The highest BCUT2D eigenvalue weighted by atomic mass is 79.9. The monoisotopic (exact) mass is 315 g/mol. The zero-order valence-corrected chi connectivity index (χ0v) is 13.5. The maximum atomic E-state index is 3.67. The largest absolute Gasteiger partial charge is 0.316 e. The van der Waals surface area contributed by atoms with Gasteiger partial charge in [-0.25, -0.2) is 0 Å². The molecule has 0 bridgehead atoms. The summed E-state index contributed by atoms with van der Waals surface area (Å²) in [6.45, 7) is 11.6. The van der Waals surface area contributed by atoms with E-state index < -0.39 is 0 Å². The highest BCUT2D eigenvalue weighted by Crippen LogP contribution is 2.65. The molecule has 2 rings (SSSR count). The SMILES string of the molecule is CC(C)CNCC1C(c2cscc2Br)C1(C)C. The molecular formula is C14H22BrNS. The fraction of sp³-hybridized carbons (Fsp3) is 0.714. The van der Waals surface area contributed by atoms with Gasteiger partial charge in [0.2, 0.25) is 0 Å². The third kappa shape index (κ3) is 2.77. The first-order chi connectivity index (χ1) is 7.94. The number of hydrogen-bond acceptors (Lipinski definition) is 2. The van der Waals surface area contributed by atoms with Crippen molar-refractivity contribution in [2.75, 3.05) is 13.1 Å². The van der Waals surface area contributed by atoms with Crippen molar-refractivity contribution in [1.29, 1.82) is 0 Å². The van der Waals surface area contributed by atoms with E-state index in [2.05, 4.69) is 59.7 Å². The Labute approximate surface area is 117 Å². The number of thiophene rings is 1. The fourth-order valence-corrected chi connectivity index (χ4v) is 4.36. The van der Waals surface area contributed by atoms with Crippen LogP contribution in [0.15, 0.2) is 15.2 Å². The van der Waals surface area contributed by atoms with Gasteiger partial charge in [0, 0.05) is 9.85 Å². The summed E-state index contributed by atoms with van der Waals surface area (Å²) < 4.78 is 1.30. The molecule has 1 aliphatic rings. The minimum atomic E-state index is 0.452. The van der Waals surface area contributed by atoms with Crippen molar-refractivity contribution in [2.45, 2.75) is 33.6 Å². The normalized spacial score (nSPS) is 26.5. The van der Waals surface area contributed by atoms with Crippen LogP contribution in [0.5, 0.6) is 0 Å². The van der Waals surface area contributed by atoms with Crippen molar-refractivity contribution >= 4 is 27.3 Å². The van der Waals surface area contributed by atoms with Gasteiger partial charge >= 0.3 is 0 Å². The van der Waals surface area contributed by atoms with Gasteiger partial charge in [-0.3, -0.25) is 0 Å². The zero-order valence-electron chi connectivity index (χ0n) is 11.1. The van der Waals surface area contributed by atoms with Crippen molar-refractivity contribution in [3.63, 3.8) is 0 Å². The second-order valence-corrected chi connectivity index (χ2v) is 7.73. The molecule has 1 aromatic rings. The Morgan fingerprint density at radius 2 is 2.12 bits per heavy atom. The van der Waals surface area contributed by atoms with Gasteiger partial charge in [0.05, 0.1) is 0 Å². The summed E-state index contributed by atoms with van der Waals surface area (Å²) in [4.78, 5) is 0. The van der Waals surface area contributed by atoms with Gasteiger partial charge in [0.25, 0.3) is 0 Å². The van der Waals surface area contributed by atoms with Crippen molar-refractivity contribution in [3.05, 3.63) is 20.8 Å². The van der Waals surface area contributed by atoms with Crippen LogP contribution in [-0.2, 0) is 0 Å². The summed E-state index contributed by atoms with van der Waals surface area (Å²) >= 11 is 5.47. The first-order valence-electron chi connectivity index (χ1n) is 6.37. The number of halogens is 1. The van der Waals surface area contributed by atoms with Crippen molar-refractivity contribution in [2.24, 2.45) is 17.3 Å². The number of rotatable bonds is 5. The molecule has 17 heavy (non-hydrogen) atoms. The lowest BCUT2D eigenvalue weighted by molar-refractivity contribution is 0.487. The summed E-state index contributed by atoms with van der Waals surface area (Å²) in [5.74, 6) is 2.25. The average Bonchev–Trinajstić information content (AvgIpc) is 2.57. The third-order valence-corrected chi connectivity index (χ3v) is 5.70. The van der Waals surface area contributed by atoms with E-state index in [1.165, 1.54) is 10.0 Å². The van der Waals surface area contributed by atoms with E-state index in [-0.39, 0.29) is 0 Å². The van der Waals surface area contributed by atoms with E-state index >= 15 is 0 Å². The Kier molecular flexibility index (Phi) is 4.01. The lowest BCUT2D eigenvalue weighted by atomic mass is 10.1. The quantitative estimate of drug-likeness (QED) is 0.843. The number of hydrogen-bond donors (Lipinski definition) is 1. The van der Waals surface area contributed by atoms with Crippen molar-refractivity contribution in [1.82, 2.24) is 5.32 Å². The maximum absolute atomic E-state index is 3.67. The lowest BCUT2D eigenvalue weighted by Gasteiger charge is -2.07. The summed E-state index contributed by atoms with van der Waals surface area (Å²) in [6, 6.07) is 0. The molecule has 0 amide bonds. The highest BCUT2D eigenvalue weighted by Gasteiger charge is 2.58. The molecule has 2 unspecified atom stereocenters. The Hall–Kier alpha value is 0.140. The second kappa shape index (κ2) is 5.02. The van der Waals surface area contributed by atoms with E-state index in [1.54, 1.807) is 11.3 Å². The van der Waals surface area contributed by atoms with Gasteiger partial charge < -0.3 is 5.32 Å². The molecule has 3 heteroatoms. The average molecular weight is 316 g/mol. The molecule has 1 heterocycles. The van der Waals surface area contributed by atoms with Gasteiger partial charge in [-0.2, -0.15) is 11.3 Å². The van der Waals surface area contributed by atoms with Crippen LogP contribution in [-0.4, -0.2) is 13.1 Å². The first kappa shape index (κ1) is 13.6. The number of nitrogens with one attached hydrogen (secondary N) is 1. The van der Waals surface area contributed by atoms with Gasteiger partial charge in [0.15, 0.2) is 0 Å². The molecule has 2 atom stereocenters. The summed E-state index contributed by atoms with van der Waals surface area (Å²) in [6.07, 6.45) is 0. The molecule has 1 aromatic heterocycles. The molecule has 96 valence electrons. The van der Waals surface area contributed by atoms with Crippen LogP contribution in [0.2, 0.25) is 0 Å². The highest BCUT2D eigenvalue weighted by molar-refractivity contribution is 9.10. The third-order valence-electron chi connectivity index (χ3n) is 3.94. The molecule has 1 fully saturated rings. The summed E-state index contributed by atoms with van der Waals surface area (Å²) in [5.41, 5.74) is 1.96. The topological polar surface area (TPSA) is 12.0 Å². The molecule has 0 radical (unpaired) electrons. The van der Waals surface area contributed by atoms with Crippen LogP contribution >= 0.6 is 27.3 Å². The van der Waals surface area contributed by atoms with E-state index in [1.807, 2.05) is 0 Å². The smallest absolute Gasteiger partial charge is 0.0317 e.